The van der Waals surface area contributed by atoms with Gasteiger partial charge >= 0.3 is 0 Å². The Morgan fingerprint density at radius 1 is 1.58 bits per heavy atom. The molecule has 0 spiro atoms. The minimum Gasteiger partial charge on any atom is -0.354 e. The zero-order valence-electron chi connectivity index (χ0n) is 11.0. The second kappa shape index (κ2) is 5.62. The van der Waals surface area contributed by atoms with Crippen LogP contribution in [0.25, 0.3) is 0 Å². The number of benzene rings is 1. The highest BCUT2D eigenvalue weighted by Crippen LogP contribution is 2.28. The largest absolute Gasteiger partial charge is 0.354 e. The second-order valence-corrected chi connectivity index (χ2v) is 5.67. The topological polar surface area (TPSA) is 56.1 Å². The van der Waals surface area contributed by atoms with Gasteiger partial charge in [0.1, 0.15) is 6.04 Å². The average molecular weight is 322 g/mol. The lowest BCUT2D eigenvalue weighted by Gasteiger charge is -2.41. The van der Waals surface area contributed by atoms with Crippen molar-refractivity contribution in [3.8, 4) is 6.07 Å². The number of halogens is 1. The number of carbonyl (C=O) groups excluding carboxylic acids is 1. The number of hydrogen-bond donors (Lipinski definition) is 1. The van der Waals surface area contributed by atoms with Gasteiger partial charge in [0, 0.05) is 22.7 Å². The summed E-state index contributed by atoms with van der Waals surface area (Å²) >= 11 is 3.48. The Balaban J connectivity index is 2.39. The van der Waals surface area contributed by atoms with E-state index in [1.165, 1.54) is 0 Å². The van der Waals surface area contributed by atoms with Gasteiger partial charge in [0.2, 0.25) is 5.91 Å². The molecule has 1 N–H and O–H groups in total. The van der Waals surface area contributed by atoms with Crippen molar-refractivity contribution in [1.29, 1.82) is 5.26 Å². The summed E-state index contributed by atoms with van der Waals surface area (Å²) in [5.74, 6) is -0.0692. The Morgan fingerprint density at radius 3 is 2.95 bits per heavy atom. The first-order valence-corrected chi connectivity index (χ1v) is 7.03. The molecule has 2 unspecified atom stereocenters. The maximum Gasteiger partial charge on any atom is 0.243 e. The minimum absolute atomic E-state index is 0.0692. The molecule has 5 heteroatoms. The lowest BCUT2D eigenvalue weighted by molar-refractivity contribution is -0.123. The molecular formula is C14H16BrN3O. The van der Waals surface area contributed by atoms with Gasteiger partial charge in [0.15, 0.2) is 0 Å². The molecule has 1 aliphatic heterocycles. The number of carbonyl (C=O) groups is 1. The number of aryl methyl sites for hydroxylation is 1. The van der Waals surface area contributed by atoms with Gasteiger partial charge in [-0.3, -0.25) is 4.79 Å². The average Bonchev–Trinajstić information content (AvgIpc) is 2.38. The fourth-order valence-corrected chi connectivity index (χ4v) is 2.65. The van der Waals surface area contributed by atoms with Crippen LogP contribution in [0.1, 0.15) is 18.9 Å². The van der Waals surface area contributed by atoms with E-state index >= 15 is 0 Å². The van der Waals surface area contributed by atoms with E-state index in [0.717, 1.165) is 15.7 Å². The van der Waals surface area contributed by atoms with Crippen molar-refractivity contribution in [2.45, 2.75) is 32.4 Å². The van der Waals surface area contributed by atoms with E-state index < -0.39 is 6.04 Å². The molecule has 0 aromatic heterocycles. The zero-order chi connectivity index (χ0) is 14.0. The summed E-state index contributed by atoms with van der Waals surface area (Å²) in [5.41, 5.74) is 2.11. The maximum atomic E-state index is 12.0. The SMILES string of the molecule is Cc1cc(N2C(C)CNC(=O)C2CC#N)ccc1Br. The third kappa shape index (κ3) is 2.74. The summed E-state index contributed by atoms with van der Waals surface area (Å²) < 4.78 is 1.04. The van der Waals surface area contributed by atoms with Crippen LogP contribution >= 0.6 is 15.9 Å². The second-order valence-electron chi connectivity index (χ2n) is 4.81. The zero-order valence-corrected chi connectivity index (χ0v) is 12.6. The summed E-state index contributed by atoms with van der Waals surface area (Å²) in [6, 6.07) is 7.88. The van der Waals surface area contributed by atoms with Crippen molar-refractivity contribution in [1.82, 2.24) is 5.32 Å². The van der Waals surface area contributed by atoms with Crippen LogP contribution in [-0.2, 0) is 4.79 Å². The van der Waals surface area contributed by atoms with Gasteiger partial charge in [0.25, 0.3) is 0 Å². The summed E-state index contributed by atoms with van der Waals surface area (Å²) in [6.45, 7) is 4.68. The molecule has 0 aliphatic carbocycles. The number of piperazine rings is 1. The summed E-state index contributed by atoms with van der Waals surface area (Å²) in [5, 5.41) is 11.8. The number of anilines is 1. The first kappa shape index (κ1) is 13.9. The molecule has 1 aliphatic rings. The van der Waals surface area contributed by atoms with Crippen molar-refractivity contribution in [2.75, 3.05) is 11.4 Å². The van der Waals surface area contributed by atoms with Crippen molar-refractivity contribution < 1.29 is 4.79 Å². The van der Waals surface area contributed by atoms with Crippen LogP contribution in [0.2, 0.25) is 0 Å². The van der Waals surface area contributed by atoms with E-state index in [0.29, 0.717) is 6.54 Å². The fourth-order valence-electron chi connectivity index (χ4n) is 2.40. The van der Waals surface area contributed by atoms with Gasteiger partial charge < -0.3 is 10.2 Å². The molecule has 0 saturated carbocycles. The molecule has 1 saturated heterocycles. The van der Waals surface area contributed by atoms with Crippen LogP contribution in [0.5, 0.6) is 0 Å². The lowest BCUT2D eigenvalue weighted by Crippen LogP contribution is -2.59. The Labute approximate surface area is 121 Å². The molecular weight excluding hydrogens is 306 g/mol. The number of rotatable bonds is 2. The van der Waals surface area contributed by atoms with E-state index in [2.05, 4.69) is 34.2 Å². The predicted molar refractivity (Wildman–Crippen MR) is 77.8 cm³/mol. The molecule has 19 heavy (non-hydrogen) atoms. The monoisotopic (exact) mass is 321 g/mol. The molecule has 2 rings (SSSR count). The number of hydrogen-bond acceptors (Lipinski definition) is 3. The molecule has 2 atom stereocenters. The molecule has 4 nitrogen and oxygen atoms in total. The van der Waals surface area contributed by atoms with Crippen LogP contribution < -0.4 is 10.2 Å². The van der Waals surface area contributed by atoms with Gasteiger partial charge in [-0.1, -0.05) is 15.9 Å². The molecule has 1 fully saturated rings. The number of nitriles is 1. The molecule has 1 amide bonds. The molecule has 1 aromatic rings. The third-order valence-corrected chi connectivity index (χ3v) is 4.30. The lowest BCUT2D eigenvalue weighted by atomic mass is 10.0. The smallest absolute Gasteiger partial charge is 0.243 e. The van der Waals surface area contributed by atoms with E-state index in [4.69, 9.17) is 5.26 Å². The van der Waals surface area contributed by atoms with E-state index in [9.17, 15) is 4.79 Å². The van der Waals surface area contributed by atoms with E-state index in [1.54, 1.807) is 0 Å². The Morgan fingerprint density at radius 2 is 2.32 bits per heavy atom. The van der Waals surface area contributed by atoms with Crippen LogP contribution in [0.3, 0.4) is 0 Å². The van der Waals surface area contributed by atoms with Crippen molar-refractivity contribution in [3.63, 3.8) is 0 Å². The summed E-state index contributed by atoms with van der Waals surface area (Å²) in [6.07, 6.45) is 0.200. The van der Waals surface area contributed by atoms with E-state index in [-0.39, 0.29) is 18.4 Å². The van der Waals surface area contributed by atoms with Crippen molar-refractivity contribution in [3.05, 3.63) is 28.2 Å². The quantitative estimate of drug-likeness (QED) is 0.909. The van der Waals surface area contributed by atoms with Gasteiger partial charge in [-0.25, -0.2) is 0 Å². The summed E-state index contributed by atoms with van der Waals surface area (Å²) in [7, 11) is 0. The van der Waals surface area contributed by atoms with Crippen LogP contribution in [0.4, 0.5) is 5.69 Å². The van der Waals surface area contributed by atoms with Gasteiger partial charge in [-0.2, -0.15) is 5.26 Å². The number of amides is 1. The van der Waals surface area contributed by atoms with Gasteiger partial charge in [-0.05, 0) is 37.6 Å². The fraction of sp³-hybridized carbons (Fsp3) is 0.429. The molecule has 1 aromatic carbocycles. The van der Waals surface area contributed by atoms with Crippen LogP contribution in [0, 0.1) is 18.3 Å². The number of nitrogens with one attached hydrogen (secondary N) is 1. The molecule has 0 radical (unpaired) electrons. The Hall–Kier alpha value is -1.54. The summed E-state index contributed by atoms with van der Waals surface area (Å²) in [4.78, 5) is 14.0. The predicted octanol–water partition coefficient (Wildman–Crippen LogP) is 2.36. The highest BCUT2D eigenvalue weighted by Gasteiger charge is 2.34. The first-order chi connectivity index (χ1) is 9.04. The highest BCUT2D eigenvalue weighted by molar-refractivity contribution is 9.10. The molecule has 100 valence electrons. The van der Waals surface area contributed by atoms with E-state index in [1.807, 2.05) is 30.0 Å². The normalized spacial score (nSPS) is 22.8. The Kier molecular flexibility index (Phi) is 4.11. The highest BCUT2D eigenvalue weighted by atomic mass is 79.9. The number of nitrogens with zero attached hydrogens (tertiary/aromatic N) is 2. The maximum absolute atomic E-state index is 12.0. The Bertz CT molecular complexity index is 538. The van der Waals surface area contributed by atoms with Crippen LogP contribution in [-0.4, -0.2) is 24.5 Å². The molecule has 1 heterocycles. The standard InChI is InChI=1S/C14H16BrN3O/c1-9-7-11(3-4-12(9)15)18-10(2)8-17-14(19)13(18)5-6-16/h3-4,7,10,13H,5,8H2,1-2H3,(H,17,19). The van der Waals surface area contributed by atoms with Crippen LogP contribution in [0.15, 0.2) is 22.7 Å². The van der Waals surface area contributed by atoms with Gasteiger partial charge in [-0.15, -0.1) is 0 Å². The molecule has 0 bridgehead atoms. The van der Waals surface area contributed by atoms with Crippen molar-refractivity contribution in [2.24, 2.45) is 0 Å². The van der Waals surface area contributed by atoms with Gasteiger partial charge in [0.05, 0.1) is 12.5 Å². The van der Waals surface area contributed by atoms with Crippen molar-refractivity contribution >= 4 is 27.5 Å². The first-order valence-electron chi connectivity index (χ1n) is 6.23. The minimum atomic E-state index is -0.408. The third-order valence-electron chi connectivity index (χ3n) is 3.41.